The Hall–Kier alpha value is -2.89. The van der Waals surface area contributed by atoms with Crippen molar-refractivity contribution < 1.29 is 14.4 Å². The van der Waals surface area contributed by atoms with Crippen molar-refractivity contribution in [3.8, 4) is 0 Å². The monoisotopic (exact) mass is 369 g/mol. The lowest BCUT2D eigenvalue weighted by Crippen LogP contribution is -2.39. The highest BCUT2D eigenvalue weighted by Crippen LogP contribution is 2.20. The van der Waals surface area contributed by atoms with Gasteiger partial charge in [-0.15, -0.1) is 0 Å². The zero-order valence-corrected chi connectivity index (χ0v) is 16.6. The molecule has 0 bridgehead atoms. The Labute approximate surface area is 160 Å². The third-order valence-corrected chi connectivity index (χ3v) is 4.54. The number of para-hydroxylation sites is 1. The normalized spacial score (nSPS) is 10.6. The number of benzene rings is 1. The minimum absolute atomic E-state index is 0.0477. The maximum atomic E-state index is 13.0. The highest BCUT2D eigenvalue weighted by molar-refractivity contribution is 6.04. The van der Waals surface area contributed by atoms with Crippen LogP contribution in [0.3, 0.4) is 0 Å². The Morgan fingerprint density at radius 2 is 1.78 bits per heavy atom. The fourth-order valence-corrected chi connectivity index (χ4v) is 3.25. The van der Waals surface area contributed by atoms with Gasteiger partial charge in [0.1, 0.15) is 12.2 Å². The van der Waals surface area contributed by atoms with E-state index in [9.17, 15) is 14.4 Å². The van der Waals surface area contributed by atoms with Gasteiger partial charge in [0.25, 0.3) is 5.91 Å². The van der Waals surface area contributed by atoms with E-state index < -0.39 is 0 Å². The van der Waals surface area contributed by atoms with E-state index in [4.69, 9.17) is 0 Å². The number of Topliss-reactive ketones (excluding diaryl/α,β-unsaturated/α-hetero) is 1. The molecule has 0 atom stereocenters. The summed E-state index contributed by atoms with van der Waals surface area (Å²) in [6.45, 7) is 9.28. The molecule has 0 fully saturated rings. The van der Waals surface area contributed by atoms with E-state index >= 15 is 0 Å². The van der Waals surface area contributed by atoms with Gasteiger partial charge >= 0.3 is 0 Å². The fourth-order valence-electron chi connectivity index (χ4n) is 3.25. The molecule has 0 spiro atoms. The Kier molecular flexibility index (Phi) is 6.55. The average Bonchev–Trinajstić information content (AvgIpc) is 2.90. The number of aryl methyl sites for hydroxylation is 2. The van der Waals surface area contributed by atoms with Gasteiger partial charge in [-0.2, -0.15) is 0 Å². The molecule has 2 amide bonds. The Morgan fingerprint density at radius 3 is 2.33 bits per heavy atom. The molecule has 0 aliphatic rings. The minimum atomic E-state index is -0.273. The van der Waals surface area contributed by atoms with Gasteiger partial charge in [-0.05, 0) is 51.3 Å². The topological polar surface area (TPSA) is 82.3 Å². The van der Waals surface area contributed by atoms with E-state index in [0.29, 0.717) is 29.1 Å². The zero-order chi connectivity index (χ0) is 20.1. The number of carbonyl (C=O) groups is 3. The first-order chi connectivity index (χ1) is 12.8. The summed E-state index contributed by atoms with van der Waals surface area (Å²) in [5.41, 5.74) is 3.90. The molecule has 1 heterocycles. The summed E-state index contributed by atoms with van der Waals surface area (Å²) < 4.78 is 0. The van der Waals surface area contributed by atoms with Gasteiger partial charge in [0.15, 0.2) is 5.78 Å². The Morgan fingerprint density at radius 1 is 1.11 bits per heavy atom. The van der Waals surface area contributed by atoms with Crippen molar-refractivity contribution in [3.05, 3.63) is 52.3 Å². The molecule has 0 saturated carbocycles. The Balaban J connectivity index is 2.20. The van der Waals surface area contributed by atoms with E-state index in [1.807, 2.05) is 38.1 Å². The number of rotatable bonds is 7. The van der Waals surface area contributed by atoms with E-state index in [2.05, 4.69) is 10.3 Å². The molecule has 6 nitrogen and oxygen atoms in total. The molecule has 2 rings (SSSR count). The van der Waals surface area contributed by atoms with Crippen LogP contribution in [0.4, 0.5) is 5.69 Å². The minimum Gasteiger partial charge on any atom is -0.354 e. The second-order valence-electron chi connectivity index (χ2n) is 6.77. The maximum absolute atomic E-state index is 13.0. The van der Waals surface area contributed by atoms with Gasteiger partial charge in [0.05, 0.1) is 0 Å². The van der Waals surface area contributed by atoms with Crippen LogP contribution in [-0.2, 0) is 4.79 Å². The van der Waals surface area contributed by atoms with Crippen LogP contribution in [0.25, 0.3) is 0 Å². The molecule has 0 radical (unpaired) electrons. The van der Waals surface area contributed by atoms with Crippen LogP contribution in [0.2, 0.25) is 0 Å². The van der Waals surface area contributed by atoms with Crippen molar-refractivity contribution in [2.24, 2.45) is 0 Å². The van der Waals surface area contributed by atoms with Crippen LogP contribution in [0.5, 0.6) is 0 Å². The SMILES string of the molecule is CCCN(CC(=O)Nc1ccccc1C)C(=O)c1[nH]c(C)c(C(C)=O)c1C. The van der Waals surface area contributed by atoms with Crippen molar-refractivity contribution in [1.82, 2.24) is 9.88 Å². The van der Waals surface area contributed by atoms with Crippen LogP contribution >= 0.6 is 0 Å². The smallest absolute Gasteiger partial charge is 0.271 e. The quantitative estimate of drug-likeness (QED) is 0.731. The fraction of sp³-hybridized carbons (Fsp3) is 0.381. The van der Waals surface area contributed by atoms with Crippen molar-refractivity contribution in [1.29, 1.82) is 0 Å². The lowest BCUT2D eigenvalue weighted by atomic mass is 10.1. The first kappa shape index (κ1) is 20.4. The molecular weight excluding hydrogens is 342 g/mol. The number of nitrogens with zero attached hydrogens (tertiary/aromatic N) is 1. The van der Waals surface area contributed by atoms with E-state index in [-0.39, 0.29) is 24.1 Å². The molecule has 1 aromatic heterocycles. The molecule has 0 aliphatic carbocycles. The van der Waals surface area contributed by atoms with Crippen LogP contribution < -0.4 is 5.32 Å². The highest BCUT2D eigenvalue weighted by atomic mass is 16.2. The zero-order valence-electron chi connectivity index (χ0n) is 16.6. The van der Waals surface area contributed by atoms with Crippen LogP contribution in [0, 0.1) is 20.8 Å². The summed E-state index contributed by atoms with van der Waals surface area (Å²) >= 11 is 0. The molecule has 2 aromatic rings. The number of hydrogen-bond donors (Lipinski definition) is 2. The molecule has 0 aliphatic heterocycles. The molecule has 6 heteroatoms. The number of H-pyrrole nitrogens is 1. The molecule has 144 valence electrons. The molecule has 1 aromatic carbocycles. The summed E-state index contributed by atoms with van der Waals surface area (Å²) in [4.78, 5) is 41.8. The number of hydrogen-bond acceptors (Lipinski definition) is 3. The number of aromatic nitrogens is 1. The lowest BCUT2D eigenvalue weighted by molar-refractivity contribution is -0.116. The van der Waals surface area contributed by atoms with E-state index in [1.165, 1.54) is 11.8 Å². The van der Waals surface area contributed by atoms with Gasteiger partial charge in [0.2, 0.25) is 5.91 Å². The van der Waals surface area contributed by atoms with Gasteiger partial charge in [0, 0.05) is 23.5 Å². The molecule has 27 heavy (non-hydrogen) atoms. The second-order valence-corrected chi connectivity index (χ2v) is 6.77. The number of carbonyl (C=O) groups excluding carboxylic acids is 3. The average molecular weight is 369 g/mol. The summed E-state index contributed by atoms with van der Waals surface area (Å²) in [6, 6.07) is 7.50. The summed E-state index contributed by atoms with van der Waals surface area (Å²) in [5.74, 6) is -0.608. The predicted molar refractivity (Wildman–Crippen MR) is 106 cm³/mol. The molecular formula is C21H27N3O3. The van der Waals surface area contributed by atoms with Crippen LogP contribution in [0.1, 0.15) is 57.9 Å². The first-order valence-electron chi connectivity index (χ1n) is 9.11. The number of nitrogens with one attached hydrogen (secondary N) is 2. The van der Waals surface area contributed by atoms with Gasteiger partial charge in [-0.25, -0.2) is 0 Å². The van der Waals surface area contributed by atoms with Gasteiger partial charge in [-0.1, -0.05) is 25.1 Å². The molecule has 2 N–H and O–H groups in total. The second kappa shape index (κ2) is 8.66. The highest BCUT2D eigenvalue weighted by Gasteiger charge is 2.25. The lowest BCUT2D eigenvalue weighted by Gasteiger charge is -2.22. The third-order valence-electron chi connectivity index (χ3n) is 4.54. The predicted octanol–water partition coefficient (Wildman–Crippen LogP) is 3.63. The van der Waals surface area contributed by atoms with Crippen molar-refractivity contribution in [2.75, 3.05) is 18.4 Å². The van der Waals surface area contributed by atoms with Gasteiger partial charge < -0.3 is 15.2 Å². The van der Waals surface area contributed by atoms with E-state index in [0.717, 1.165) is 17.7 Å². The summed E-state index contributed by atoms with van der Waals surface area (Å²) in [6.07, 6.45) is 0.724. The number of amides is 2. The largest absolute Gasteiger partial charge is 0.354 e. The van der Waals surface area contributed by atoms with Crippen LogP contribution in [0.15, 0.2) is 24.3 Å². The van der Waals surface area contributed by atoms with E-state index in [1.54, 1.807) is 13.8 Å². The summed E-state index contributed by atoms with van der Waals surface area (Å²) in [7, 11) is 0. The molecule has 0 saturated heterocycles. The van der Waals surface area contributed by atoms with Crippen molar-refractivity contribution >= 4 is 23.3 Å². The number of aromatic amines is 1. The van der Waals surface area contributed by atoms with Crippen molar-refractivity contribution in [3.63, 3.8) is 0 Å². The summed E-state index contributed by atoms with van der Waals surface area (Å²) in [5, 5.41) is 2.86. The molecule has 0 unspecified atom stereocenters. The van der Waals surface area contributed by atoms with Crippen LogP contribution in [-0.4, -0.2) is 40.6 Å². The third kappa shape index (κ3) is 4.64. The number of ketones is 1. The Bertz CT molecular complexity index is 868. The standard InChI is InChI=1S/C21H27N3O3/c1-6-11-24(12-18(26)23-17-10-8-7-9-13(17)2)21(27)20-14(3)19(16(5)25)15(4)22-20/h7-10,22H,6,11-12H2,1-5H3,(H,23,26). The van der Waals surface area contributed by atoms with Crippen molar-refractivity contribution in [2.45, 2.75) is 41.0 Å². The first-order valence-corrected chi connectivity index (χ1v) is 9.11. The van der Waals surface area contributed by atoms with Gasteiger partial charge in [-0.3, -0.25) is 14.4 Å². The number of anilines is 1. The maximum Gasteiger partial charge on any atom is 0.271 e.